The Morgan fingerprint density at radius 3 is 2.79 bits per heavy atom. The molecular weight excluding hydrogens is 240 g/mol. The Kier molecular flexibility index (Phi) is 7.86. The first-order chi connectivity index (χ1) is 9.22. The highest BCUT2D eigenvalue weighted by Crippen LogP contribution is 2.00. The van der Waals surface area contributed by atoms with Crippen molar-refractivity contribution in [3.63, 3.8) is 0 Å². The second kappa shape index (κ2) is 9.53. The summed E-state index contributed by atoms with van der Waals surface area (Å²) in [6.07, 6.45) is 2.05. The van der Waals surface area contributed by atoms with Crippen molar-refractivity contribution in [2.45, 2.75) is 38.8 Å². The Morgan fingerprint density at radius 2 is 2.11 bits per heavy atom. The molecule has 0 saturated carbocycles. The fourth-order valence-corrected chi connectivity index (χ4v) is 1.62. The molecule has 0 heterocycles. The van der Waals surface area contributed by atoms with E-state index in [0.29, 0.717) is 26.2 Å². The normalized spacial score (nSPS) is 12.1. The highest BCUT2D eigenvalue weighted by Gasteiger charge is 2.06. The Hall–Kier alpha value is -1.39. The van der Waals surface area contributed by atoms with Gasteiger partial charge in [-0.05, 0) is 18.4 Å². The van der Waals surface area contributed by atoms with Crippen molar-refractivity contribution in [1.29, 1.82) is 0 Å². The molecule has 0 bridgehead atoms. The van der Waals surface area contributed by atoms with Crippen LogP contribution >= 0.6 is 0 Å². The maximum absolute atomic E-state index is 11.4. The number of carbonyl (C=O) groups is 1. The number of nitrogens with one attached hydrogen (secondary N) is 1. The smallest absolute Gasteiger partial charge is 0.221 e. The molecule has 1 aromatic rings. The monoisotopic (exact) mass is 264 g/mol. The third kappa shape index (κ3) is 7.59. The Bertz CT molecular complexity index is 354. The molecule has 0 spiro atoms. The molecule has 1 rings (SSSR count). The highest BCUT2D eigenvalue weighted by atomic mass is 16.5. The molecule has 1 unspecified atom stereocenters. The number of hydrogen-bond donors (Lipinski definition) is 2. The van der Waals surface area contributed by atoms with E-state index in [9.17, 15) is 4.79 Å². The number of nitrogens with two attached hydrogens (primary N) is 1. The lowest BCUT2D eigenvalue weighted by molar-refractivity contribution is -0.121. The molecule has 0 saturated heterocycles. The van der Waals surface area contributed by atoms with Crippen molar-refractivity contribution >= 4 is 5.91 Å². The van der Waals surface area contributed by atoms with Gasteiger partial charge in [0.1, 0.15) is 0 Å². The molecule has 0 fully saturated rings. The van der Waals surface area contributed by atoms with Crippen molar-refractivity contribution in [3.8, 4) is 0 Å². The average Bonchev–Trinajstić information content (AvgIpc) is 2.43. The predicted octanol–water partition coefficient (Wildman–Crippen LogP) is 1.84. The summed E-state index contributed by atoms with van der Waals surface area (Å²) >= 11 is 0. The molecule has 0 aliphatic rings. The van der Waals surface area contributed by atoms with Crippen molar-refractivity contribution in [2.24, 2.45) is 5.73 Å². The zero-order valence-electron chi connectivity index (χ0n) is 11.6. The number of hydrogen-bond acceptors (Lipinski definition) is 3. The third-order valence-electron chi connectivity index (χ3n) is 2.87. The largest absolute Gasteiger partial charge is 0.377 e. The molecule has 1 aromatic carbocycles. The predicted molar refractivity (Wildman–Crippen MR) is 76.6 cm³/mol. The molecular formula is C15H24N2O2. The fraction of sp³-hybridized carbons (Fsp3) is 0.533. The Balaban J connectivity index is 1.98. The van der Waals surface area contributed by atoms with Gasteiger partial charge in [-0.25, -0.2) is 0 Å². The fourth-order valence-electron chi connectivity index (χ4n) is 1.62. The van der Waals surface area contributed by atoms with Gasteiger partial charge in [0.15, 0.2) is 0 Å². The van der Waals surface area contributed by atoms with Crippen LogP contribution in [-0.2, 0) is 16.1 Å². The molecule has 3 N–H and O–H groups in total. The quantitative estimate of drug-likeness (QED) is 0.669. The minimum absolute atomic E-state index is 0.0254. The van der Waals surface area contributed by atoms with E-state index in [1.165, 1.54) is 5.56 Å². The van der Waals surface area contributed by atoms with Crippen molar-refractivity contribution in [3.05, 3.63) is 35.9 Å². The van der Waals surface area contributed by atoms with Crippen LogP contribution in [0.5, 0.6) is 0 Å². The zero-order valence-corrected chi connectivity index (χ0v) is 11.6. The van der Waals surface area contributed by atoms with Crippen molar-refractivity contribution in [1.82, 2.24) is 5.32 Å². The maximum atomic E-state index is 11.4. The summed E-state index contributed by atoms with van der Waals surface area (Å²) in [6, 6.07) is 10.0. The molecule has 1 amide bonds. The first kappa shape index (κ1) is 15.7. The zero-order chi connectivity index (χ0) is 13.9. The number of benzene rings is 1. The highest BCUT2D eigenvalue weighted by molar-refractivity contribution is 5.76. The van der Waals surface area contributed by atoms with Gasteiger partial charge in [0.05, 0.1) is 6.61 Å². The molecule has 19 heavy (non-hydrogen) atoms. The Morgan fingerprint density at radius 1 is 1.37 bits per heavy atom. The van der Waals surface area contributed by atoms with E-state index in [1.807, 2.05) is 37.3 Å². The van der Waals surface area contributed by atoms with Gasteiger partial charge in [-0.15, -0.1) is 0 Å². The second-order valence-electron chi connectivity index (χ2n) is 4.61. The van der Waals surface area contributed by atoms with E-state index in [2.05, 4.69) is 5.32 Å². The summed E-state index contributed by atoms with van der Waals surface area (Å²) in [5.41, 5.74) is 6.87. The molecule has 4 nitrogen and oxygen atoms in total. The van der Waals surface area contributed by atoms with Gasteiger partial charge in [0.25, 0.3) is 0 Å². The third-order valence-corrected chi connectivity index (χ3v) is 2.87. The van der Waals surface area contributed by atoms with Gasteiger partial charge in [-0.2, -0.15) is 0 Å². The minimum Gasteiger partial charge on any atom is -0.377 e. The van der Waals surface area contributed by atoms with Crippen LogP contribution < -0.4 is 11.1 Å². The van der Waals surface area contributed by atoms with Gasteiger partial charge < -0.3 is 15.8 Å². The van der Waals surface area contributed by atoms with E-state index in [-0.39, 0.29) is 11.9 Å². The second-order valence-corrected chi connectivity index (χ2v) is 4.61. The lowest BCUT2D eigenvalue weighted by atomic mass is 10.1. The number of ether oxygens (including phenoxy) is 1. The van der Waals surface area contributed by atoms with Crippen LogP contribution in [0.4, 0.5) is 0 Å². The van der Waals surface area contributed by atoms with Gasteiger partial charge in [0, 0.05) is 25.6 Å². The van der Waals surface area contributed by atoms with Crippen molar-refractivity contribution < 1.29 is 9.53 Å². The number of carbonyl (C=O) groups excluding carboxylic acids is 1. The van der Waals surface area contributed by atoms with Crippen LogP contribution in [0.15, 0.2) is 30.3 Å². The van der Waals surface area contributed by atoms with Crippen LogP contribution in [-0.4, -0.2) is 25.1 Å². The maximum Gasteiger partial charge on any atom is 0.221 e. The van der Waals surface area contributed by atoms with Gasteiger partial charge in [-0.1, -0.05) is 37.3 Å². The topological polar surface area (TPSA) is 64.4 Å². The molecule has 0 aromatic heterocycles. The van der Waals surface area contributed by atoms with Crippen LogP contribution in [0.3, 0.4) is 0 Å². The average molecular weight is 264 g/mol. The summed E-state index contributed by atoms with van der Waals surface area (Å²) in [6.45, 7) is 3.89. The van der Waals surface area contributed by atoms with E-state index >= 15 is 0 Å². The van der Waals surface area contributed by atoms with Crippen LogP contribution in [0, 0.1) is 0 Å². The van der Waals surface area contributed by atoms with E-state index in [1.54, 1.807) is 0 Å². The minimum atomic E-state index is -0.0330. The summed E-state index contributed by atoms with van der Waals surface area (Å²) in [5, 5.41) is 2.85. The van der Waals surface area contributed by atoms with Gasteiger partial charge in [0.2, 0.25) is 5.91 Å². The molecule has 106 valence electrons. The standard InChI is InChI=1S/C15H24N2O2/c1-2-14(16)11-15(18)17-9-6-10-19-12-13-7-4-3-5-8-13/h3-5,7-8,14H,2,6,9-12,16H2,1H3,(H,17,18). The van der Waals surface area contributed by atoms with E-state index in [0.717, 1.165) is 12.8 Å². The summed E-state index contributed by atoms with van der Waals surface area (Å²) in [4.78, 5) is 11.4. The Labute approximate surface area is 115 Å². The first-order valence-corrected chi connectivity index (χ1v) is 6.86. The lowest BCUT2D eigenvalue weighted by Gasteiger charge is -2.09. The van der Waals surface area contributed by atoms with E-state index in [4.69, 9.17) is 10.5 Å². The number of amides is 1. The lowest BCUT2D eigenvalue weighted by Crippen LogP contribution is -2.32. The first-order valence-electron chi connectivity index (χ1n) is 6.86. The summed E-state index contributed by atoms with van der Waals surface area (Å²) in [7, 11) is 0. The molecule has 0 aliphatic heterocycles. The SMILES string of the molecule is CCC(N)CC(=O)NCCCOCc1ccccc1. The molecule has 4 heteroatoms. The molecule has 0 radical (unpaired) electrons. The van der Waals surface area contributed by atoms with Gasteiger partial charge in [-0.3, -0.25) is 4.79 Å². The van der Waals surface area contributed by atoms with Crippen LogP contribution in [0.2, 0.25) is 0 Å². The summed E-state index contributed by atoms with van der Waals surface area (Å²) in [5.74, 6) is 0.0254. The van der Waals surface area contributed by atoms with Gasteiger partial charge >= 0.3 is 0 Å². The van der Waals surface area contributed by atoms with Crippen LogP contribution in [0.25, 0.3) is 0 Å². The summed E-state index contributed by atoms with van der Waals surface area (Å²) < 4.78 is 5.53. The molecule has 1 atom stereocenters. The van der Waals surface area contributed by atoms with Crippen molar-refractivity contribution in [2.75, 3.05) is 13.2 Å². The van der Waals surface area contributed by atoms with E-state index < -0.39 is 0 Å². The van der Waals surface area contributed by atoms with Crippen LogP contribution in [0.1, 0.15) is 31.7 Å². The molecule has 0 aliphatic carbocycles. The number of rotatable bonds is 9.